The molecule has 1 rings (SSSR count). The molecule has 0 heterocycles. The minimum atomic E-state index is -2.81. The summed E-state index contributed by atoms with van der Waals surface area (Å²) in [6, 6.07) is 6.40. The number of ether oxygens (including phenoxy) is 1. The molecule has 17 heavy (non-hydrogen) atoms. The van der Waals surface area contributed by atoms with Gasteiger partial charge in [0.1, 0.15) is 5.75 Å². The second-order valence-electron chi connectivity index (χ2n) is 4.15. The molecular formula is C12H18ClF2NO. The molecule has 98 valence electrons. The van der Waals surface area contributed by atoms with Crippen LogP contribution in [0.25, 0.3) is 0 Å². The van der Waals surface area contributed by atoms with Gasteiger partial charge in [-0.1, -0.05) is 32.0 Å². The Balaban J connectivity index is 0.00000256. The monoisotopic (exact) mass is 265 g/mol. The van der Waals surface area contributed by atoms with Gasteiger partial charge in [0.05, 0.1) is 0 Å². The molecule has 1 aromatic carbocycles. The summed E-state index contributed by atoms with van der Waals surface area (Å²) in [6.07, 6.45) is 0.740. The molecule has 0 aliphatic rings. The standard InChI is InChI=1S/C12H17F2NO.ClH/c1-8(2)7-10(15)9-5-3-4-6-11(9)16-12(13)14;/h3-6,8,10,12H,7,15H2,1-2H3;1H/t10-;/m1./s1. The van der Waals surface area contributed by atoms with Crippen molar-refractivity contribution >= 4 is 12.4 Å². The van der Waals surface area contributed by atoms with Gasteiger partial charge in [0.2, 0.25) is 0 Å². The molecule has 0 bridgehead atoms. The molecule has 0 radical (unpaired) electrons. The summed E-state index contributed by atoms with van der Waals surface area (Å²) in [4.78, 5) is 0. The third kappa shape index (κ3) is 5.33. The molecule has 1 atom stereocenters. The first kappa shape index (κ1) is 16.1. The largest absolute Gasteiger partial charge is 0.434 e. The molecule has 0 aliphatic carbocycles. The van der Waals surface area contributed by atoms with E-state index in [2.05, 4.69) is 4.74 Å². The molecule has 0 amide bonds. The van der Waals surface area contributed by atoms with E-state index in [-0.39, 0.29) is 24.2 Å². The van der Waals surface area contributed by atoms with Crippen LogP contribution >= 0.6 is 12.4 Å². The van der Waals surface area contributed by atoms with E-state index >= 15 is 0 Å². The van der Waals surface area contributed by atoms with Crippen LogP contribution in [-0.4, -0.2) is 6.61 Å². The average Bonchev–Trinajstić information content (AvgIpc) is 2.16. The molecular weight excluding hydrogens is 248 g/mol. The lowest BCUT2D eigenvalue weighted by molar-refractivity contribution is -0.0506. The molecule has 0 saturated carbocycles. The Kier molecular flexibility index (Phi) is 7.07. The summed E-state index contributed by atoms with van der Waals surface area (Å²) >= 11 is 0. The zero-order valence-corrected chi connectivity index (χ0v) is 10.7. The zero-order chi connectivity index (χ0) is 12.1. The van der Waals surface area contributed by atoms with Gasteiger partial charge in [-0.2, -0.15) is 8.78 Å². The number of benzene rings is 1. The highest BCUT2D eigenvalue weighted by atomic mass is 35.5. The number of alkyl halides is 2. The minimum Gasteiger partial charge on any atom is -0.434 e. The van der Waals surface area contributed by atoms with Crippen molar-refractivity contribution in [2.75, 3.05) is 0 Å². The first-order valence-electron chi connectivity index (χ1n) is 5.30. The maximum absolute atomic E-state index is 12.2. The lowest BCUT2D eigenvalue weighted by atomic mass is 9.97. The highest BCUT2D eigenvalue weighted by Gasteiger charge is 2.15. The number of para-hydroxylation sites is 1. The van der Waals surface area contributed by atoms with E-state index < -0.39 is 6.61 Å². The maximum Gasteiger partial charge on any atom is 0.387 e. The molecule has 0 spiro atoms. The lowest BCUT2D eigenvalue weighted by Gasteiger charge is -2.18. The third-order valence-corrected chi connectivity index (χ3v) is 2.26. The Bertz CT molecular complexity index is 334. The van der Waals surface area contributed by atoms with Crippen molar-refractivity contribution in [3.05, 3.63) is 29.8 Å². The SMILES string of the molecule is CC(C)C[C@@H](N)c1ccccc1OC(F)F.Cl. The summed E-state index contributed by atoms with van der Waals surface area (Å²) in [5.74, 6) is 0.584. The quantitative estimate of drug-likeness (QED) is 0.880. The van der Waals surface area contributed by atoms with Crippen LogP contribution in [0.15, 0.2) is 24.3 Å². The molecule has 1 aromatic rings. The zero-order valence-electron chi connectivity index (χ0n) is 9.90. The van der Waals surface area contributed by atoms with Gasteiger partial charge in [0, 0.05) is 11.6 Å². The first-order valence-corrected chi connectivity index (χ1v) is 5.30. The average molecular weight is 266 g/mol. The number of halogens is 3. The van der Waals surface area contributed by atoms with Crippen molar-refractivity contribution in [3.8, 4) is 5.75 Å². The van der Waals surface area contributed by atoms with E-state index in [1.165, 1.54) is 6.07 Å². The summed E-state index contributed by atoms with van der Waals surface area (Å²) in [7, 11) is 0. The molecule has 0 unspecified atom stereocenters. The maximum atomic E-state index is 12.2. The van der Waals surface area contributed by atoms with Crippen LogP contribution in [0.4, 0.5) is 8.78 Å². The Morgan fingerprint density at radius 3 is 2.35 bits per heavy atom. The fourth-order valence-corrected chi connectivity index (χ4v) is 1.62. The van der Waals surface area contributed by atoms with Gasteiger partial charge in [-0.15, -0.1) is 12.4 Å². The summed E-state index contributed by atoms with van der Waals surface area (Å²) < 4.78 is 28.8. The highest BCUT2D eigenvalue weighted by Crippen LogP contribution is 2.28. The fourth-order valence-electron chi connectivity index (χ4n) is 1.62. The molecule has 2 N–H and O–H groups in total. The Hall–Kier alpha value is -0.870. The Morgan fingerprint density at radius 2 is 1.82 bits per heavy atom. The van der Waals surface area contributed by atoms with E-state index in [1.54, 1.807) is 18.2 Å². The normalized spacial score (nSPS) is 12.4. The van der Waals surface area contributed by atoms with Crippen molar-refractivity contribution < 1.29 is 13.5 Å². The van der Waals surface area contributed by atoms with Crippen LogP contribution in [-0.2, 0) is 0 Å². The predicted molar refractivity (Wildman–Crippen MR) is 66.7 cm³/mol. The van der Waals surface area contributed by atoms with Crippen LogP contribution in [0.3, 0.4) is 0 Å². The molecule has 5 heteroatoms. The van der Waals surface area contributed by atoms with E-state index in [1.807, 2.05) is 13.8 Å². The van der Waals surface area contributed by atoms with Crippen LogP contribution < -0.4 is 10.5 Å². The fraction of sp³-hybridized carbons (Fsp3) is 0.500. The number of rotatable bonds is 5. The van der Waals surface area contributed by atoms with Crippen LogP contribution in [0.2, 0.25) is 0 Å². The number of hydrogen-bond donors (Lipinski definition) is 1. The van der Waals surface area contributed by atoms with Gasteiger partial charge in [-0.05, 0) is 18.4 Å². The number of nitrogens with two attached hydrogens (primary N) is 1. The summed E-state index contributed by atoms with van der Waals surface area (Å²) in [6.45, 7) is 1.26. The van der Waals surface area contributed by atoms with Gasteiger partial charge in [0.25, 0.3) is 0 Å². The van der Waals surface area contributed by atoms with Crippen molar-refractivity contribution in [2.45, 2.75) is 32.9 Å². The lowest BCUT2D eigenvalue weighted by Crippen LogP contribution is -2.15. The predicted octanol–water partition coefficient (Wildman–Crippen LogP) is 3.76. The molecule has 0 fully saturated rings. The van der Waals surface area contributed by atoms with Gasteiger partial charge in [-0.3, -0.25) is 0 Å². The first-order chi connectivity index (χ1) is 7.50. The van der Waals surface area contributed by atoms with Crippen LogP contribution in [0.5, 0.6) is 5.75 Å². The van der Waals surface area contributed by atoms with Crippen LogP contribution in [0, 0.1) is 5.92 Å². The molecule has 2 nitrogen and oxygen atoms in total. The number of hydrogen-bond acceptors (Lipinski definition) is 2. The van der Waals surface area contributed by atoms with E-state index in [0.717, 1.165) is 6.42 Å². The van der Waals surface area contributed by atoms with Gasteiger partial charge in [0.15, 0.2) is 0 Å². The molecule has 0 aromatic heterocycles. The summed E-state index contributed by atoms with van der Waals surface area (Å²) in [5.41, 5.74) is 6.58. The smallest absolute Gasteiger partial charge is 0.387 e. The van der Waals surface area contributed by atoms with Crippen molar-refractivity contribution in [1.29, 1.82) is 0 Å². The van der Waals surface area contributed by atoms with Gasteiger partial charge in [-0.25, -0.2) is 0 Å². The second kappa shape index (κ2) is 7.45. The van der Waals surface area contributed by atoms with Crippen molar-refractivity contribution in [3.63, 3.8) is 0 Å². The van der Waals surface area contributed by atoms with Gasteiger partial charge >= 0.3 is 6.61 Å². The minimum absolute atomic E-state index is 0. The molecule has 0 aliphatic heterocycles. The Morgan fingerprint density at radius 1 is 1.24 bits per heavy atom. The van der Waals surface area contributed by atoms with Crippen molar-refractivity contribution in [1.82, 2.24) is 0 Å². The van der Waals surface area contributed by atoms with Crippen molar-refractivity contribution in [2.24, 2.45) is 11.7 Å². The Labute approximate surface area is 107 Å². The van der Waals surface area contributed by atoms with E-state index in [0.29, 0.717) is 11.5 Å². The van der Waals surface area contributed by atoms with Gasteiger partial charge < -0.3 is 10.5 Å². The summed E-state index contributed by atoms with van der Waals surface area (Å²) in [5, 5.41) is 0. The van der Waals surface area contributed by atoms with Crippen LogP contribution in [0.1, 0.15) is 31.9 Å². The van der Waals surface area contributed by atoms with E-state index in [9.17, 15) is 8.78 Å². The third-order valence-electron chi connectivity index (χ3n) is 2.26. The highest BCUT2D eigenvalue weighted by molar-refractivity contribution is 5.85. The van der Waals surface area contributed by atoms with E-state index in [4.69, 9.17) is 5.73 Å². The second-order valence-corrected chi connectivity index (χ2v) is 4.15. The topological polar surface area (TPSA) is 35.2 Å². The molecule has 0 saturated heterocycles.